The highest BCUT2D eigenvalue weighted by Crippen LogP contribution is 2.19. The van der Waals surface area contributed by atoms with Gasteiger partial charge in [0.15, 0.2) is 5.96 Å². The van der Waals surface area contributed by atoms with Crippen molar-refractivity contribution in [1.29, 1.82) is 0 Å². The van der Waals surface area contributed by atoms with E-state index >= 15 is 0 Å². The Morgan fingerprint density at radius 1 is 1.15 bits per heavy atom. The first kappa shape index (κ1) is 22.1. The van der Waals surface area contributed by atoms with E-state index in [1.165, 1.54) is 0 Å². The molecule has 0 rings (SSSR count). The smallest absolute Gasteiger partial charge is 0.239 e. The van der Waals surface area contributed by atoms with E-state index < -0.39 is 0 Å². The SMILES string of the molecule is CN=C(NCC(=O)NC(C)(C)C)NCC(C)(C)SC.I. The Morgan fingerprint density at radius 3 is 2.10 bits per heavy atom. The van der Waals surface area contributed by atoms with Crippen LogP contribution in [0.1, 0.15) is 34.6 Å². The van der Waals surface area contributed by atoms with Crippen LogP contribution in [0.2, 0.25) is 0 Å². The second-order valence-corrected chi connectivity index (χ2v) is 7.55. The minimum atomic E-state index is -0.212. The third kappa shape index (κ3) is 11.6. The van der Waals surface area contributed by atoms with Gasteiger partial charge in [0.1, 0.15) is 0 Å². The minimum absolute atomic E-state index is 0. The van der Waals surface area contributed by atoms with E-state index in [1.54, 1.807) is 18.8 Å². The maximum Gasteiger partial charge on any atom is 0.239 e. The van der Waals surface area contributed by atoms with Gasteiger partial charge in [-0.25, -0.2) is 0 Å². The van der Waals surface area contributed by atoms with Crippen LogP contribution in [-0.4, -0.2) is 48.5 Å². The van der Waals surface area contributed by atoms with Gasteiger partial charge in [-0.05, 0) is 40.9 Å². The quantitative estimate of drug-likeness (QED) is 0.364. The molecule has 0 aromatic rings. The van der Waals surface area contributed by atoms with Gasteiger partial charge in [-0.2, -0.15) is 11.8 Å². The van der Waals surface area contributed by atoms with Crippen molar-refractivity contribution in [1.82, 2.24) is 16.0 Å². The number of carbonyl (C=O) groups is 1. The number of hydrogen-bond acceptors (Lipinski definition) is 3. The molecule has 0 aliphatic carbocycles. The van der Waals surface area contributed by atoms with Crippen LogP contribution in [0.5, 0.6) is 0 Å². The lowest BCUT2D eigenvalue weighted by atomic mass is 10.1. The van der Waals surface area contributed by atoms with Gasteiger partial charge in [0.25, 0.3) is 0 Å². The van der Waals surface area contributed by atoms with Gasteiger partial charge in [-0.1, -0.05) is 0 Å². The Bertz CT molecular complexity index is 327. The number of hydrogen-bond donors (Lipinski definition) is 3. The molecule has 0 fully saturated rings. The highest BCUT2D eigenvalue weighted by molar-refractivity contribution is 14.0. The normalized spacial score (nSPS) is 12.4. The third-order valence-corrected chi connectivity index (χ3v) is 3.64. The fraction of sp³-hybridized carbons (Fsp3) is 0.846. The Hall–Kier alpha value is -0.180. The lowest BCUT2D eigenvalue weighted by Gasteiger charge is -2.24. The van der Waals surface area contributed by atoms with Crippen LogP contribution in [0.4, 0.5) is 0 Å². The first-order valence-electron chi connectivity index (χ1n) is 6.40. The van der Waals surface area contributed by atoms with E-state index in [4.69, 9.17) is 0 Å². The van der Waals surface area contributed by atoms with Crippen LogP contribution >= 0.6 is 35.7 Å². The number of thioether (sulfide) groups is 1. The molecule has 0 bridgehead atoms. The number of nitrogens with zero attached hydrogens (tertiary/aromatic N) is 1. The van der Waals surface area contributed by atoms with E-state index in [-0.39, 0.29) is 46.7 Å². The largest absolute Gasteiger partial charge is 0.355 e. The van der Waals surface area contributed by atoms with E-state index in [2.05, 4.69) is 41.0 Å². The van der Waals surface area contributed by atoms with Crippen molar-refractivity contribution in [2.75, 3.05) is 26.4 Å². The molecule has 0 saturated carbocycles. The first-order chi connectivity index (χ1) is 8.59. The molecule has 20 heavy (non-hydrogen) atoms. The van der Waals surface area contributed by atoms with E-state index in [0.29, 0.717) is 5.96 Å². The van der Waals surface area contributed by atoms with Crippen molar-refractivity contribution in [3.63, 3.8) is 0 Å². The predicted molar refractivity (Wildman–Crippen MR) is 100 cm³/mol. The maximum absolute atomic E-state index is 11.7. The summed E-state index contributed by atoms with van der Waals surface area (Å²) in [7, 11) is 1.70. The van der Waals surface area contributed by atoms with Gasteiger partial charge in [0.2, 0.25) is 5.91 Å². The molecule has 7 heteroatoms. The molecular weight excluding hydrogens is 387 g/mol. The average molecular weight is 416 g/mol. The topological polar surface area (TPSA) is 65.5 Å². The number of amides is 1. The van der Waals surface area contributed by atoms with Gasteiger partial charge < -0.3 is 16.0 Å². The van der Waals surface area contributed by atoms with Crippen molar-refractivity contribution in [2.45, 2.75) is 44.9 Å². The summed E-state index contributed by atoms with van der Waals surface area (Å²) in [5.74, 6) is 0.603. The number of carbonyl (C=O) groups excluding carboxylic acids is 1. The van der Waals surface area contributed by atoms with Gasteiger partial charge in [0, 0.05) is 23.9 Å². The highest BCUT2D eigenvalue weighted by Gasteiger charge is 2.17. The summed E-state index contributed by atoms with van der Waals surface area (Å²) in [5, 5.41) is 9.12. The summed E-state index contributed by atoms with van der Waals surface area (Å²) in [6.07, 6.45) is 2.08. The average Bonchev–Trinajstić information content (AvgIpc) is 2.27. The molecule has 1 amide bonds. The molecule has 0 unspecified atom stereocenters. The standard InChI is InChI=1S/C13H28N4OS.HI/c1-12(2,3)17-10(18)8-15-11(14-6)16-9-13(4,5)19-7;/h8-9H2,1-7H3,(H,17,18)(H2,14,15,16);1H. The molecule has 0 spiro atoms. The first-order valence-corrected chi connectivity index (χ1v) is 7.63. The zero-order valence-electron chi connectivity index (χ0n) is 13.6. The van der Waals surface area contributed by atoms with Gasteiger partial charge >= 0.3 is 0 Å². The molecule has 0 aromatic carbocycles. The van der Waals surface area contributed by atoms with E-state index in [0.717, 1.165) is 6.54 Å². The number of guanidine groups is 1. The number of rotatable bonds is 5. The lowest BCUT2D eigenvalue weighted by molar-refractivity contribution is -0.121. The molecular formula is C13H29IN4OS. The molecule has 0 radical (unpaired) electrons. The van der Waals surface area contributed by atoms with Crippen LogP contribution in [0.25, 0.3) is 0 Å². The van der Waals surface area contributed by atoms with Crippen molar-refractivity contribution < 1.29 is 4.79 Å². The zero-order chi connectivity index (χ0) is 15.1. The van der Waals surface area contributed by atoms with Crippen LogP contribution in [-0.2, 0) is 4.79 Å². The second kappa shape index (κ2) is 9.70. The van der Waals surface area contributed by atoms with Crippen molar-refractivity contribution >= 4 is 47.6 Å². The fourth-order valence-corrected chi connectivity index (χ4v) is 1.43. The Balaban J connectivity index is 0. The van der Waals surface area contributed by atoms with Crippen molar-refractivity contribution in [3.05, 3.63) is 0 Å². The third-order valence-electron chi connectivity index (χ3n) is 2.39. The van der Waals surface area contributed by atoms with E-state index in [9.17, 15) is 4.79 Å². The van der Waals surface area contributed by atoms with Gasteiger partial charge in [-0.3, -0.25) is 9.79 Å². The van der Waals surface area contributed by atoms with Gasteiger partial charge in [-0.15, -0.1) is 24.0 Å². The van der Waals surface area contributed by atoms with Gasteiger partial charge in [0.05, 0.1) is 6.54 Å². The molecule has 0 aliphatic rings. The molecule has 0 aliphatic heterocycles. The molecule has 5 nitrogen and oxygen atoms in total. The zero-order valence-corrected chi connectivity index (χ0v) is 16.7. The monoisotopic (exact) mass is 416 g/mol. The van der Waals surface area contributed by atoms with Crippen LogP contribution < -0.4 is 16.0 Å². The maximum atomic E-state index is 11.7. The number of nitrogens with one attached hydrogen (secondary N) is 3. The highest BCUT2D eigenvalue weighted by atomic mass is 127. The molecule has 0 saturated heterocycles. The molecule has 0 heterocycles. The van der Waals surface area contributed by atoms with Crippen LogP contribution in [0, 0.1) is 0 Å². The van der Waals surface area contributed by atoms with Crippen LogP contribution in [0.15, 0.2) is 4.99 Å². The summed E-state index contributed by atoms with van der Waals surface area (Å²) < 4.78 is 0.130. The summed E-state index contributed by atoms with van der Waals surface area (Å²) in [6, 6.07) is 0. The van der Waals surface area contributed by atoms with Crippen molar-refractivity contribution in [3.8, 4) is 0 Å². The summed E-state index contributed by atoms with van der Waals surface area (Å²) in [5.41, 5.74) is -0.212. The Kier molecular flexibility index (Phi) is 10.7. The predicted octanol–water partition coefficient (Wildman–Crippen LogP) is 1.83. The van der Waals surface area contributed by atoms with Crippen molar-refractivity contribution in [2.24, 2.45) is 4.99 Å². The molecule has 120 valence electrons. The summed E-state index contributed by atoms with van der Waals surface area (Å²) in [6.45, 7) is 11.2. The fourth-order valence-electron chi connectivity index (χ4n) is 1.22. The summed E-state index contributed by atoms with van der Waals surface area (Å²) >= 11 is 1.79. The summed E-state index contributed by atoms with van der Waals surface area (Å²) in [4.78, 5) is 15.8. The van der Waals surface area contributed by atoms with E-state index in [1.807, 2.05) is 20.8 Å². The Labute approximate surface area is 144 Å². The molecule has 0 atom stereocenters. The Morgan fingerprint density at radius 2 is 1.70 bits per heavy atom. The number of aliphatic imine (C=N–C) groups is 1. The van der Waals surface area contributed by atoms with Crippen LogP contribution in [0.3, 0.4) is 0 Å². The molecule has 3 N–H and O–H groups in total. The second-order valence-electron chi connectivity index (χ2n) is 6.04. The lowest BCUT2D eigenvalue weighted by Crippen LogP contribution is -2.49. The number of halogens is 1. The minimum Gasteiger partial charge on any atom is -0.355 e. The molecule has 0 aromatic heterocycles.